The summed E-state index contributed by atoms with van der Waals surface area (Å²) in [6.07, 6.45) is 8.90. The SMILES string of the molecule is C1CCC(CC2NCCS2)CC1. The predicted molar refractivity (Wildman–Crippen MR) is 55.4 cm³/mol. The molecule has 2 fully saturated rings. The second-order valence-corrected chi connectivity index (χ2v) is 5.36. The van der Waals surface area contributed by atoms with Crippen molar-refractivity contribution in [3.8, 4) is 0 Å². The van der Waals surface area contributed by atoms with Crippen molar-refractivity contribution in [2.75, 3.05) is 12.3 Å². The van der Waals surface area contributed by atoms with Gasteiger partial charge in [0, 0.05) is 12.3 Å². The molecule has 2 heteroatoms. The van der Waals surface area contributed by atoms with Crippen LogP contribution in [0.1, 0.15) is 38.5 Å². The molecule has 2 aliphatic rings. The van der Waals surface area contributed by atoms with Gasteiger partial charge in [0.05, 0.1) is 5.37 Å². The molecule has 70 valence electrons. The van der Waals surface area contributed by atoms with Crippen molar-refractivity contribution in [3.05, 3.63) is 0 Å². The summed E-state index contributed by atoms with van der Waals surface area (Å²) in [4.78, 5) is 0. The van der Waals surface area contributed by atoms with Gasteiger partial charge in [0.2, 0.25) is 0 Å². The standard InChI is InChI=1S/C10H19NS/c1-2-4-9(5-3-1)8-10-11-6-7-12-10/h9-11H,1-8H2. The molecule has 1 N–H and O–H groups in total. The van der Waals surface area contributed by atoms with Gasteiger partial charge >= 0.3 is 0 Å². The molecular weight excluding hydrogens is 166 g/mol. The Hall–Kier alpha value is 0.310. The van der Waals surface area contributed by atoms with Crippen molar-refractivity contribution in [3.63, 3.8) is 0 Å². The third kappa shape index (κ3) is 2.40. The van der Waals surface area contributed by atoms with Crippen molar-refractivity contribution in [2.45, 2.75) is 43.9 Å². The van der Waals surface area contributed by atoms with Gasteiger partial charge in [-0.15, -0.1) is 11.8 Å². The lowest BCUT2D eigenvalue weighted by molar-refractivity contribution is 0.330. The molecular formula is C10H19NS. The van der Waals surface area contributed by atoms with E-state index in [0.29, 0.717) is 0 Å². The van der Waals surface area contributed by atoms with Gasteiger partial charge in [-0.3, -0.25) is 0 Å². The zero-order chi connectivity index (χ0) is 8.23. The summed E-state index contributed by atoms with van der Waals surface area (Å²) in [6, 6.07) is 0. The van der Waals surface area contributed by atoms with E-state index in [1.807, 2.05) is 0 Å². The highest BCUT2D eigenvalue weighted by molar-refractivity contribution is 8.00. The predicted octanol–water partition coefficient (Wildman–Crippen LogP) is 2.62. The van der Waals surface area contributed by atoms with E-state index in [2.05, 4.69) is 17.1 Å². The molecule has 1 saturated heterocycles. The minimum absolute atomic E-state index is 0.799. The average molecular weight is 185 g/mol. The molecule has 1 aliphatic carbocycles. The van der Waals surface area contributed by atoms with Gasteiger partial charge in [-0.2, -0.15) is 0 Å². The zero-order valence-corrected chi connectivity index (χ0v) is 8.54. The Bertz CT molecular complexity index is 126. The van der Waals surface area contributed by atoms with Crippen molar-refractivity contribution >= 4 is 11.8 Å². The zero-order valence-electron chi connectivity index (χ0n) is 7.72. The van der Waals surface area contributed by atoms with E-state index in [9.17, 15) is 0 Å². The van der Waals surface area contributed by atoms with Crippen LogP contribution in [0.3, 0.4) is 0 Å². The van der Waals surface area contributed by atoms with E-state index < -0.39 is 0 Å². The van der Waals surface area contributed by atoms with Gasteiger partial charge in [-0.25, -0.2) is 0 Å². The maximum absolute atomic E-state index is 3.57. The molecule has 1 nitrogen and oxygen atoms in total. The van der Waals surface area contributed by atoms with Crippen LogP contribution < -0.4 is 5.32 Å². The van der Waals surface area contributed by atoms with E-state index in [-0.39, 0.29) is 0 Å². The summed E-state index contributed by atoms with van der Waals surface area (Å²) in [7, 11) is 0. The van der Waals surface area contributed by atoms with Gasteiger partial charge < -0.3 is 5.32 Å². The number of thioether (sulfide) groups is 1. The first-order chi connectivity index (χ1) is 5.95. The maximum Gasteiger partial charge on any atom is 0.0535 e. The second-order valence-electron chi connectivity index (χ2n) is 4.05. The average Bonchev–Trinajstić information content (AvgIpc) is 2.59. The van der Waals surface area contributed by atoms with Crippen molar-refractivity contribution in [1.82, 2.24) is 5.32 Å². The van der Waals surface area contributed by atoms with Gasteiger partial charge in [0.15, 0.2) is 0 Å². The molecule has 0 radical (unpaired) electrons. The highest BCUT2D eigenvalue weighted by Crippen LogP contribution is 2.30. The van der Waals surface area contributed by atoms with Crippen LogP contribution in [-0.4, -0.2) is 17.7 Å². The molecule has 0 aromatic heterocycles. The molecule has 0 spiro atoms. The molecule has 1 atom stereocenters. The largest absolute Gasteiger partial charge is 0.305 e. The van der Waals surface area contributed by atoms with Crippen molar-refractivity contribution < 1.29 is 0 Å². The minimum atomic E-state index is 0.799. The molecule has 12 heavy (non-hydrogen) atoms. The highest BCUT2D eigenvalue weighted by Gasteiger charge is 2.21. The summed E-state index contributed by atoms with van der Waals surface area (Å²) < 4.78 is 0. The van der Waals surface area contributed by atoms with Crippen LogP contribution >= 0.6 is 11.8 Å². The van der Waals surface area contributed by atoms with Gasteiger partial charge in [-0.1, -0.05) is 32.1 Å². The Kier molecular flexibility index (Phi) is 3.35. The van der Waals surface area contributed by atoms with Gasteiger partial charge in [-0.05, 0) is 12.3 Å². The lowest BCUT2D eigenvalue weighted by Gasteiger charge is -2.23. The number of hydrogen-bond acceptors (Lipinski definition) is 2. The Morgan fingerprint density at radius 2 is 2.00 bits per heavy atom. The summed E-state index contributed by atoms with van der Waals surface area (Å²) >= 11 is 2.12. The number of rotatable bonds is 2. The fourth-order valence-electron chi connectivity index (χ4n) is 2.36. The third-order valence-corrected chi connectivity index (χ3v) is 4.27. The van der Waals surface area contributed by atoms with Crippen LogP contribution in [0, 0.1) is 5.92 Å². The smallest absolute Gasteiger partial charge is 0.0535 e. The molecule has 0 bridgehead atoms. The lowest BCUT2D eigenvalue weighted by atomic mass is 9.87. The summed E-state index contributed by atoms with van der Waals surface area (Å²) in [6.45, 7) is 1.24. The highest BCUT2D eigenvalue weighted by atomic mass is 32.2. The number of hydrogen-bond donors (Lipinski definition) is 1. The number of nitrogens with one attached hydrogen (secondary N) is 1. The van der Waals surface area contributed by atoms with E-state index in [4.69, 9.17) is 0 Å². The molecule has 0 aromatic carbocycles. The summed E-state index contributed by atoms with van der Waals surface area (Å²) in [5.41, 5.74) is 0. The molecule has 1 saturated carbocycles. The quantitative estimate of drug-likeness (QED) is 0.710. The maximum atomic E-state index is 3.57. The molecule has 2 rings (SSSR count). The van der Waals surface area contributed by atoms with E-state index in [1.165, 1.54) is 50.8 Å². The van der Waals surface area contributed by atoms with Crippen molar-refractivity contribution in [1.29, 1.82) is 0 Å². The first-order valence-electron chi connectivity index (χ1n) is 5.30. The summed E-state index contributed by atoms with van der Waals surface area (Å²) in [5, 5.41) is 4.37. The molecule has 0 aromatic rings. The first-order valence-corrected chi connectivity index (χ1v) is 6.35. The molecule has 1 unspecified atom stereocenters. The molecule has 0 amide bonds. The van der Waals surface area contributed by atoms with Crippen LogP contribution in [0.2, 0.25) is 0 Å². The Balaban J connectivity index is 1.69. The van der Waals surface area contributed by atoms with Crippen LogP contribution in [-0.2, 0) is 0 Å². The van der Waals surface area contributed by atoms with Crippen LogP contribution in [0.15, 0.2) is 0 Å². The Labute approximate surface area is 79.7 Å². The fourth-order valence-corrected chi connectivity index (χ4v) is 3.52. The normalized spacial score (nSPS) is 32.5. The van der Waals surface area contributed by atoms with Gasteiger partial charge in [0.1, 0.15) is 0 Å². The fraction of sp³-hybridized carbons (Fsp3) is 1.00. The Morgan fingerprint density at radius 1 is 1.17 bits per heavy atom. The molecule has 1 aliphatic heterocycles. The van der Waals surface area contributed by atoms with Crippen LogP contribution in [0.5, 0.6) is 0 Å². The van der Waals surface area contributed by atoms with Crippen LogP contribution in [0.25, 0.3) is 0 Å². The second kappa shape index (κ2) is 4.52. The Morgan fingerprint density at radius 3 is 2.67 bits per heavy atom. The summed E-state index contributed by atoms with van der Waals surface area (Å²) in [5.74, 6) is 2.37. The topological polar surface area (TPSA) is 12.0 Å². The van der Waals surface area contributed by atoms with Gasteiger partial charge in [0.25, 0.3) is 0 Å². The first kappa shape index (κ1) is 8.89. The third-order valence-electron chi connectivity index (χ3n) is 3.07. The monoisotopic (exact) mass is 185 g/mol. The minimum Gasteiger partial charge on any atom is -0.305 e. The van der Waals surface area contributed by atoms with E-state index in [1.54, 1.807) is 0 Å². The van der Waals surface area contributed by atoms with E-state index >= 15 is 0 Å². The van der Waals surface area contributed by atoms with Crippen molar-refractivity contribution in [2.24, 2.45) is 5.92 Å². The van der Waals surface area contributed by atoms with Crippen LogP contribution in [0.4, 0.5) is 0 Å². The molecule has 1 heterocycles. The van der Waals surface area contributed by atoms with E-state index in [0.717, 1.165) is 11.3 Å². The lowest BCUT2D eigenvalue weighted by Crippen LogP contribution is -2.23.